The molecular weight excluding hydrogens is 315 g/mol. The number of hydrogen-bond donors (Lipinski definition) is 2. The van der Waals surface area contributed by atoms with E-state index in [1.54, 1.807) is 6.07 Å². The minimum Gasteiger partial charge on any atom is -0.389 e. The number of carbonyl (C=O) groups is 1. The third kappa shape index (κ3) is 3.98. The minimum atomic E-state index is -3.11. The summed E-state index contributed by atoms with van der Waals surface area (Å²) in [5.41, 5.74) is 6.11. The van der Waals surface area contributed by atoms with Crippen LogP contribution in [-0.2, 0) is 21.2 Å². The van der Waals surface area contributed by atoms with Crippen LogP contribution < -0.4 is 11.1 Å². The third-order valence-electron chi connectivity index (χ3n) is 3.39. The average Bonchev–Trinajstić information content (AvgIpc) is 2.77. The first-order chi connectivity index (χ1) is 9.78. The molecule has 1 aromatic carbocycles. The van der Waals surface area contributed by atoms with Crippen molar-refractivity contribution in [1.82, 2.24) is 5.32 Å². The molecule has 1 aliphatic heterocycles. The smallest absolute Gasteiger partial charge is 0.224 e. The zero-order chi connectivity index (χ0) is 15.6. The molecule has 0 aliphatic carbocycles. The van der Waals surface area contributed by atoms with E-state index in [9.17, 15) is 17.6 Å². The summed E-state index contributed by atoms with van der Waals surface area (Å²) in [4.78, 5) is 12.0. The van der Waals surface area contributed by atoms with Crippen LogP contribution in [-0.4, -0.2) is 30.8 Å². The lowest BCUT2D eigenvalue weighted by Gasteiger charge is -2.10. The second-order valence-electron chi connectivity index (χ2n) is 4.99. The number of thiocarbonyl (C=S) groups is 1. The van der Waals surface area contributed by atoms with Crippen molar-refractivity contribution in [2.24, 2.45) is 11.7 Å². The van der Waals surface area contributed by atoms with E-state index in [4.69, 9.17) is 18.0 Å². The van der Waals surface area contributed by atoms with Gasteiger partial charge in [0, 0.05) is 17.7 Å². The van der Waals surface area contributed by atoms with Gasteiger partial charge in [-0.15, -0.1) is 0 Å². The van der Waals surface area contributed by atoms with Gasteiger partial charge in [0.05, 0.1) is 17.4 Å². The number of nitrogens with two attached hydrogens (primary N) is 1. The van der Waals surface area contributed by atoms with Gasteiger partial charge >= 0.3 is 0 Å². The summed E-state index contributed by atoms with van der Waals surface area (Å²) in [5, 5.41) is 2.56. The van der Waals surface area contributed by atoms with E-state index in [0.717, 1.165) is 0 Å². The number of amides is 1. The molecule has 0 saturated carbocycles. The molecule has 0 spiro atoms. The van der Waals surface area contributed by atoms with E-state index in [1.165, 1.54) is 12.1 Å². The molecule has 1 atom stereocenters. The fourth-order valence-corrected chi connectivity index (χ4v) is 4.04. The maximum absolute atomic E-state index is 13.8. The molecular formula is C13H15FN2O3S2. The molecule has 1 fully saturated rings. The zero-order valence-electron chi connectivity index (χ0n) is 11.1. The fourth-order valence-electron chi connectivity index (χ4n) is 2.17. The van der Waals surface area contributed by atoms with Crippen LogP contribution >= 0.6 is 12.2 Å². The highest BCUT2D eigenvalue weighted by Crippen LogP contribution is 2.18. The Bertz CT molecular complexity index is 689. The Morgan fingerprint density at radius 1 is 1.48 bits per heavy atom. The van der Waals surface area contributed by atoms with Crippen LogP contribution in [0.15, 0.2) is 18.2 Å². The van der Waals surface area contributed by atoms with Gasteiger partial charge in [0.25, 0.3) is 0 Å². The summed E-state index contributed by atoms with van der Waals surface area (Å²) in [7, 11) is -3.11. The highest BCUT2D eigenvalue weighted by Gasteiger charge is 2.32. The van der Waals surface area contributed by atoms with Gasteiger partial charge in [-0.05, 0) is 12.5 Å². The third-order valence-corrected chi connectivity index (χ3v) is 5.40. The van der Waals surface area contributed by atoms with Gasteiger partial charge in [-0.2, -0.15) is 0 Å². The molecule has 1 amide bonds. The van der Waals surface area contributed by atoms with Crippen LogP contribution in [0.1, 0.15) is 17.5 Å². The topological polar surface area (TPSA) is 89.3 Å². The summed E-state index contributed by atoms with van der Waals surface area (Å²) in [6, 6.07) is 4.28. The molecule has 1 aliphatic rings. The number of halogens is 1. The Morgan fingerprint density at radius 2 is 2.19 bits per heavy atom. The monoisotopic (exact) mass is 330 g/mol. The molecule has 0 aromatic heterocycles. The lowest BCUT2D eigenvalue weighted by Crippen LogP contribution is -2.31. The van der Waals surface area contributed by atoms with Crippen LogP contribution in [0.4, 0.5) is 4.39 Å². The molecule has 1 saturated heterocycles. The quantitative estimate of drug-likeness (QED) is 0.785. The van der Waals surface area contributed by atoms with E-state index in [-0.39, 0.29) is 28.9 Å². The highest BCUT2D eigenvalue weighted by atomic mass is 32.2. The summed E-state index contributed by atoms with van der Waals surface area (Å²) >= 11 is 4.75. The van der Waals surface area contributed by atoms with Crippen LogP contribution in [0, 0.1) is 11.7 Å². The van der Waals surface area contributed by atoms with Crippen molar-refractivity contribution in [3.8, 4) is 0 Å². The molecule has 8 heteroatoms. The van der Waals surface area contributed by atoms with Crippen LogP contribution in [0.25, 0.3) is 0 Å². The standard InChI is InChI=1S/C13H15FN2O3S2/c14-11-5-8(12(15)20)1-2-9(11)6-16-13(17)10-3-4-21(18,19)7-10/h1-2,5,10H,3-4,6-7H2,(H2,15,20)(H,16,17). The van der Waals surface area contributed by atoms with Crippen molar-refractivity contribution < 1.29 is 17.6 Å². The maximum atomic E-state index is 13.8. The number of carbonyl (C=O) groups excluding carboxylic acids is 1. The lowest BCUT2D eigenvalue weighted by atomic mass is 10.1. The Labute approximate surface area is 127 Å². The molecule has 3 N–H and O–H groups in total. The Morgan fingerprint density at radius 3 is 2.71 bits per heavy atom. The minimum absolute atomic E-state index is 0.00116. The highest BCUT2D eigenvalue weighted by molar-refractivity contribution is 7.91. The van der Waals surface area contributed by atoms with Gasteiger partial charge in [0.1, 0.15) is 10.8 Å². The molecule has 21 heavy (non-hydrogen) atoms. The predicted octanol–water partition coefficient (Wildman–Crippen LogP) is 0.511. The second-order valence-corrected chi connectivity index (χ2v) is 7.66. The predicted molar refractivity (Wildman–Crippen MR) is 80.9 cm³/mol. The molecule has 1 unspecified atom stereocenters. The van der Waals surface area contributed by atoms with Crippen LogP contribution in [0.5, 0.6) is 0 Å². The molecule has 1 aromatic rings. The van der Waals surface area contributed by atoms with Gasteiger partial charge in [0.15, 0.2) is 9.84 Å². The lowest BCUT2D eigenvalue weighted by molar-refractivity contribution is -0.124. The van der Waals surface area contributed by atoms with E-state index < -0.39 is 21.6 Å². The average molecular weight is 330 g/mol. The van der Waals surface area contributed by atoms with Crippen molar-refractivity contribution in [3.05, 3.63) is 35.1 Å². The first kappa shape index (κ1) is 15.8. The van der Waals surface area contributed by atoms with Gasteiger partial charge in [0.2, 0.25) is 5.91 Å². The van der Waals surface area contributed by atoms with E-state index >= 15 is 0 Å². The van der Waals surface area contributed by atoms with Gasteiger partial charge in [-0.25, -0.2) is 12.8 Å². The van der Waals surface area contributed by atoms with E-state index in [0.29, 0.717) is 17.5 Å². The number of benzene rings is 1. The second kappa shape index (κ2) is 6.07. The largest absolute Gasteiger partial charge is 0.389 e. The summed E-state index contributed by atoms with van der Waals surface area (Å²) < 4.78 is 36.4. The Hall–Kier alpha value is -1.54. The first-order valence-electron chi connectivity index (χ1n) is 6.35. The molecule has 0 radical (unpaired) electrons. The van der Waals surface area contributed by atoms with Crippen molar-refractivity contribution >= 4 is 33.0 Å². The fraction of sp³-hybridized carbons (Fsp3) is 0.385. The molecule has 2 rings (SSSR count). The summed E-state index contributed by atoms with van der Waals surface area (Å²) in [6.45, 7) is -0.00116. The molecule has 1 heterocycles. The summed E-state index contributed by atoms with van der Waals surface area (Å²) in [5.74, 6) is -1.54. The van der Waals surface area contributed by atoms with E-state index in [2.05, 4.69) is 5.32 Å². The Balaban J connectivity index is 1.97. The van der Waals surface area contributed by atoms with Crippen molar-refractivity contribution in [3.63, 3.8) is 0 Å². The van der Waals surface area contributed by atoms with E-state index in [1.807, 2.05) is 0 Å². The van der Waals surface area contributed by atoms with Gasteiger partial charge in [-0.1, -0.05) is 24.4 Å². The SMILES string of the molecule is NC(=S)c1ccc(CNC(=O)C2CCS(=O)(=O)C2)c(F)c1. The van der Waals surface area contributed by atoms with Crippen molar-refractivity contribution in [1.29, 1.82) is 0 Å². The Kier molecular flexibility index (Phi) is 4.58. The summed E-state index contributed by atoms with van der Waals surface area (Å²) in [6.07, 6.45) is 0.316. The molecule has 5 nitrogen and oxygen atoms in total. The number of nitrogens with one attached hydrogen (secondary N) is 1. The van der Waals surface area contributed by atoms with Crippen molar-refractivity contribution in [2.75, 3.05) is 11.5 Å². The zero-order valence-corrected chi connectivity index (χ0v) is 12.8. The maximum Gasteiger partial charge on any atom is 0.224 e. The van der Waals surface area contributed by atoms with Gasteiger partial charge < -0.3 is 11.1 Å². The first-order valence-corrected chi connectivity index (χ1v) is 8.58. The number of hydrogen-bond acceptors (Lipinski definition) is 4. The molecule has 114 valence electrons. The normalized spacial score (nSPS) is 20.1. The van der Waals surface area contributed by atoms with Crippen LogP contribution in [0.2, 0.25) is 0 Å². The van der Waals surface area contributed by atoms with Crippen LogP contribution in [0.3, 0.4) is 0 Å². The van der Waals surface area contributed by atoms with Gasteiger partial charge in [-0.3, -0.25) is 4.79 Å². The number of sulfone groups is 1. The van der Waals surface area contributed by atoms with Crippen molar-refractivity contribution in [2.45, 2.75) is 13.0 Å². The molecule has 0 bridgehead atoms. The number of rotatable bonds is 4.